The summed E-state index contributed by atoms with van der Waals surface area (Å²) in [6.45, 7) is 9.54. The van der Waals surface area contributed by atoms with E-state index in [0.717, 1.165) is 16.1 Å². The minimum absolute atomic E-state index is 0.804. The van der Waals surface area contributed by atoms with Gasteiger partial charge in [0.15, 0.2) is 0 Å². The third kappa shape index (κ3) is 2.53. The summed E-state index contributed by atoms with van der Waals surface area (Å²) in [4.78, 5) is 13.2. The zero-order chi connectivity index (χ0) is 13.4. The standard InChI is InChI=1S/C15H30OSi2/c1-17(2,13-9-5-6-10-13)15(16)18(3,4)14-11-7-8-12-14/h13-14H,5-12H2,1-4H3. The second-order valence-corrected chi connectivity index (χ2v) is 17.7. The molecule has 2 saturated carbocycles. The molecule has 2 rings (SSSR count). The van der Waals surface area contributed by atoms with Crippen LogP contribution in [0.4, 0.5) is 4.79 Å². The maximum atomic E-state index is 13.2. The number of rotatable bonds is 4. The molecule has 0 aromatic heterocycles. The van der Waals surface area contributed by atoms with Gasteiger partial charge in [-0.2, -0.15) is 0 Å². The molecule has 18 heavy (non-hydrogen) atoms. The van der Waals surface area contributed by atoms with Crippen LogP contribution in [0.3, 0.4) is 0 Å². The van der Waals surface area contributed by atoms with Crippen LogP contribution in [0.25, 0.3) is 0 Å². The van der Waals surface area contributed by atoms with E-state index in [1.807, 2.05) is 0 Å². The Balaban J connectivity index is 2.12. The van der Waals surface area contributed by atoms with Crippen molar-refractivity contribution in [3.05, 3.63) is 0 Å². The lowest BCUT2D eigenvalue weighted by Gasteiger charge is -2.38. The molecule has 0 saturated heterocycles. The third-order valence-electron chi connectivity index (χ3n) is 5.92. The molecule has 0 unspecified atom stereocenters. The third-order valence-corrected chi connectivity index (χ3v) is 17.4. The SMILES string of the molecule is C[Si](C)(C(=O)[Si](C)(C)C1CCCC1)C1CCCC1. The first kappa shape index (κ1) is 14.5. The van der Waals surface area contributed by atoms with Gasteiger partial charge in [-0.1, -0.05) is 77.6 Å². The molecule has 0 aromatic rings. The second-order valence-electron chi connectivity index (χ2n) is 7.74. The minimum Gasteiger partial charge on any atom is -0.311 e. The fourth-order valence-corrected chi connectivity index (χ4v) is 16.8. The lowest BCUT2D eigenvalue weighted by atomic mass is 10.4. The number of hydrogen-bond donors (Lipinski definition) is 0. The highest BCUT2D eigenvalue weighted by Crippen LogP contribution is 2.45. The molecule has 104 valence electrons. The van der Waals surface area contributed by atoms with Gasteiger partial charge in [-0.05, 0) is 11.1 Å². The average molecular weight is 283 g/mol. The maximum Gasteiger partial charge on any atom is 0.123 e. The van der Waals surface area contributed by atoms with E-state index in [9.17, 15) is 4.79 Å². The van der Waals surface area contributed by atoms with E-state index in [1.54, 1.807) is 0 Å². The Morgan fingerprint density at radius 2 is 1.00 bits per heavy atom. The van der Waals surface area contributed by atoms with Crippen LogP contribution in [-0.2, 0) is 0 Å². The van der Waals surface area contributed by atoms with Crippen LogP contribution in [0.1, 0.15) is 51.4 Å². The van der Waals surface area contributed by atoms with Crippen molar-refractivity contribution in [3.8, 4) is 0 Å². The fraction of sp³-hybridized carbons (Fsp3) is 0.933. The molecule has 2 fully saturated rings. The molecule has 3 heteroatoms. The van der Waals surface area contributed by atoms with Crippen LogP contribution in [0.5, 0.6) is 0 Å². The van der Waals surface area contributed by atoms with Gasteiger partial charge in [-0.3, -0.25) is 0 Å². The molecule has 0 N–H and O–H groups in total. The Labute approximate surface area is 115 Å². The molecular formula is C15H30OSi2. The van der Waals surface area contributed by atoms with E-state index >= 15 is 0 Å². The van der Waals surface area contributed by atoms with E-state index in [0.29, 0.717) is 0 Å². The summed E-state index contributed by atoms with van der Waals surface area (Å²) in [5.41, 5.74) is 1.61. The summed E-state index contributed by atoms with van der Waals surface area (Å²) < 4.78 is 0. The van der Waals surface area contributed by atoms with Crippen molar-refractivity contribution >= 4 is 21.2 Å². The molecule has 0 bridgehead atoms. The van der Waals surface area contributed by atoms with Gasteiger partial charge >= 0.3 is 0 Å². The largest absolute Gasteiger partial charge is 0.311 e. The topological polar surface area (TPSA) is 17.1 Å². The van der Waals surface area contributed by atoms with Crippen LogP contribution in [-0.4, -0.2) is 21.2 Å². The molecule has 0 heterocycles. The Bertz CT molecular complexity index is 280. The summed E-state index contributed by atoms with van der Waals surface area (Å²) in [5.74, 6) is 0. The maximum absolute atomic E-state index is 13.2. The summed E-state index contributed by atoms with van der Waals surface area (Å²) in [5, 5.41) is 0.814. The zero-order valence-corrected chi connectivity index (χ0v) is 14.7. The van der Waals surface area contributed by atoms with Gasteiger partial charge in [-0.15, -0.1) is 0 Å². The smallest absolute Gasteiger partial charge is 0.123 e. The monoisotopic (exact) mass is 282 g/mol. The van der Waals surface area contributed by atoms with Gasteiger partial charge in [0.05, 0.1) is 5.03 Å². The van der Waals surface area contributed by atoms with Crippen molar-refractivity contribution in [2.75, 3.05) is 0 Å². The van der Waals surface area contributed by atoms with E-state index in [4.69, 9.17) is 0 Å². The molecule has 0 radical (unpaired) electrons. The Hall–Kier alpha value is 0.104. The van der Waals surface area contributed by atoms with E-state index in [2.05, 4.69) is 26.2 Å². The Morgan fingerprint density at radius 1 is 0.722 bits per heavy atom. The number of carbonyl (C=O) groups is 1. The lowest BCUT2D eigenvalue weighted by Crippen LogP contribution is -2.56. The van der Waals surface area contributed by atoms with Crippen molar-refractivity contribution in [2.24, 2.45) is 0 Å². The van der Waals surface area contributed by atoms with Crippen LogP contribution in [0.15, 0.2) is 0 Å². The van der Waals surface area contributed by atoms with Crippen LogP contribution in [0, 0.1) is 0 Å². The minimum atomic E-state index is -1.65. The molecule has 1 nitrogen and oxygen atoms in total. The summed E-state index contributed by atoms with van der Waals surface area (Å²) in [6, 6.07) is 0. The van der Waals surface area contributed by atoms with E-state index in [1.165, 1.54) is 51.4 Å². The quantitative estimate of drug-likeness (QED) is 0.616. The average Bonchev–Trinajstić information content (AvgIpc) is 3.00. The predicted molar refractivity (Wildman–Crippen MR) is 84.8 cm³/mol. The van der Waals surface area contributed by atoms with Crippen molar-refractivity contribution in [3.63, 3.8) is 0 Å². The molecule has 0 aliphatic heterocycles. The molecule has 0 spiro atoms. The van der Waals surface area contributed by atoms with Gasteiger partial charge in [0.25, 0.3) is 0 Å². The van der Waals surface area contributed by atoms with Gasteiger partial charge in [0, 0.05) is 0 Å². The van der Waals surface area contributed by atoms with Gasteiger partial charge in [0.1, 0.15) is 16.1 Å². The van der Waals surface area contributed by atoms with Crippen LogP contribution >= 0.6 is 0 Å². The van der Waals surface area contributed by atoms with Crippen molar-refractivity contribution in [2.45, 2.75) is 88.6 Å². The molecule has 0 atom stereocenters. The molecular weight excluding hydrogens is 252 g/mol. The van der Waals surface area contributed by atoms with Crippen LogP contribution < -0.4 is 0 Å². The first-order valence-corrected chi connectivity index (χ1v) is 14.1. The summed E-state index contributed by atoms with van der Waals surface area (Å²) in [7, 11) is -3.31. The fourth-order valence-electron chi connectivity index (χ4n) is 4.50. The van der Waals surface area contributed by atoms with E-state index < -0.39 is 16.1 Å². The van der Waals surface area contributed by atoms with Gasteiger partial charge < -0.3 is 4.79 Å². The molecule has 2 aliphatic carbocycles. The number of hydrogen-bond acceptors (Lipinski definition) is 1. The predicted octanol–water partition coefficient (Wildman–Crippen LogP) is 5.58. The zero-order valence-electron chi connectivity index (χ0n) is 12.7. The van der Waals surface area contributed by atoms with Crippen molar-refractivity contribution < 1.29 is 4.79 Å². The first-order valence-electron chi connectivity index (χ1n) is 7.91. The molecule has 2 aliphatic rings. The van der Waals surface area contributed by atoms with Gasteiger partial charge in [0.2, 0.25) is 0 Å². The van der Waals surface area contributed by atoms with Crippen LogP contribution in [0.2, 0.25) is 37.3 Å². The van der Waals surface area contributed by atoms with Crippen molar-refractivity contribution in [1.29, 1.82) is 0 Å². The molecule has 0 amide bonds. The lowest BCUT2D eigenvalue weighted by molar-refractivity contribution is 0.271. The second kappa shape index (κ2) is 5.24. The molecule has 0 aromatic carbocycles. The number of carbonyl (C=O) groups excluding carboxylic acids is 1. The Morgan fingerprint density at radius 3 is 1.28 bits per heavy atom. The highest BCUT2D eigenvalue weighted by Gasteiger charge is 2.50. The highest BCUT2D eigenvalue weighted by molar-refractivity contribution is 7.32. The highest BCUT2D eigenvalue weighted by atomic mass is 28.4. The van der Waals surface area contributed by atoms with Crippen molar-refractivity contribution in [1.82, 2.24) is 0 Å². The normalized spacial score (nSPS) is 23.8. The Kier molecular flexibility index (Phi) is 4.22. The first-order chi connectivity index (χ1) is 8.37. The van der Waals surface area contributed by atoms with E-state index in [-0.39, 0.29) is 0 Å². The summed E-state index contributed by atoms with van der Waals surface area (Å²) in [6.07, 6.45) is 10.9. The summed E-state index contributed by atoms with van der Waals surface area (Å²) >= 11 is 0. The van der Waals surface area contributed by atoms with Gasteiger partial charge in [-0.25, -0.2) is 0 Å².